The fourth-order valence-corrected chi connectivity index (χ4v) is 3.88. The molecule has 8 heteroatoms. The summed E-state index contributed by atoms with van der Waals surface area (Å²) in [4.78, 5) is 16.5. The lowest BCUT2D eigenvalue weighted by Crippen LogP contribution is -2.40. The van der Waals surface area contributed by atoms with E-state index < -0.39 is 10.0 Å². The van der Waals surface area contributed by atoms with Gasteiger partial charge in [0.15, 0.2) is 0 Å². The van der Waals surface area contributed by atoms with Gasteiger partial charge in [0.1, 0.15) is 0 Å². The Morgan fingerprint density at radius 1 is 1.14 bits per heavy atom. The SMILES string of the molecule is O=c1[nH]c2ccc(S(=O)(=O)NC3CCCCNC3)cc2[nH]1. The third kappa shape index (κ3) is 3.17. The number of hydrogen-bond acceptors (Lipinski definition) is 4. The van der Waals surface area contributed by atoms with Gasteiger partial charge in [0.2, 0.25) is 10.0 Å². The maximum atomic E-state index is 12.4. The van der Waals surface area contributed by atoms with E-state index >= 15 is 0 Å². The van der Waals surface area contributed by atoms with Crippen molar-refractivity contribution in [2.45, 2.75) is 30.2 Å². The molecule has 0 aliphatic carbocycles. The van der Waals surface area contributed by atoms with Gasteiger partial charge in [-0.3, -0.25) is 0 Å². The van der Waals surface area contributed by atoms with Gasteiger partial charge in [0.05, 0.1) is 15.9 Å². The van der Waals surface area contributed by atoms with Gasteiger partial charge in [-0.05, 0) is 37.6 Å². The molecule has 1 aromatic heterocycles. The maximum Gasteiger partial charge on any atom is 0.323 e. The first kappa shape index (κ1) is 14.3. The van der Waals surface area contributed by atoms with Crippen LogP contribution in [0.4, 0.5) is 0 Å². The summed E-state index contributed by atoms with van der Waals surface area (Å²) in [5, 5.41) is 3.22. The lowest BCUT2D eigenvalue weighted by molar-refractivity contribution is 0.521. The number of H-pyrrole nitrogens is 2. The molecule has 1 unspecified atom stereocenters. The number of sulfonamides is 1. The van der Waals surface area contributed by atoms with Gasteiger partial charge in [0.25, 0.3) is 0 Å². The van der Waals surface area contributed by atoms with E-state index in [1.807, 2.05) is 0 Å². The molecule has 0 amide bonds. The highest BCUT2D eigenvalue weighted by Gasteiger charge is 2.21. The molecule has 21 heavy (non-hydrogen) atoms. The Hall–Kier alpha value is -1.64. The summed E-state index contributed by atoms with van der Waals surface area (Å²) >= 11 is 0. The van der Waals surface area contributed by atoms with Crippen LogP contribution in [0.15, 0.2) is 27.9 Å². The number of aromatic nitrogens is 2. The van der Waals surface area contributed by atoms with Crippen molar-refractivity contribution in [1.82, 2.24) is 20.0 Å². The van der Waals surface area contributed by atoms with E-state index in [1.54, 1.807) is 6.07 Å². The molecular weight excluding hydrogens is 292 g/mol. The van der Waals surface area contributed by atoms with Crippen molar-refractivity contribution in [2.24, 2.45) is 0 Å². The molecule has 4 N–H and O–H groups in total. The highest BCUT2D eigenvalue weighted by Crippen LogP contribution is 2.16. The smallest absolute Gasteiger partial charge is 0.315 e. The molecule has 0 bridgehead atoms. The van der Waals surface area contributed by atoms with Gasteiger partial charge in [-0.15, -0.1) is 0 Å². The number of aromatic amines is 2. The molecule has 3 rings (SSSR count). The summed E-state index contributed by atoms with van der Waals surface area (Å²) in [5.74, 6) is 0. The topological polar surface area (TPSA) is 107 Å². The predicted octanol–water partition coefficient (Wildman–Crippen LogP) is 0.277. The highest BCUT2D eigenvalue weighted by molar-refractivity contribution is 7.89. The van der Waals surface area contributed by atoms with Gasteiger partial charge < -0.3 is 15.3 Å². The van der Waals surface area contributed by atoms with Gasteiger partial charge in [-0.25, -0.2) is 17.9 Å². The second-order valence-electron chi connectivity index (χ2n) is 5.30. The van der Waals surface area contributed by atoms with Gasteiger partial charge >= 0.3 is 5.69 Å². The van der Waals surface area contributed by atoms with Crippen LogP contribution < -0.4 is 15.7 Å². The van der Waals surface area contributed by atoms with E-state index in [0.29, 0.717) is 17.6 Å². The van der Waals surface area contributed by atoms with Crippen molar-refractivity contribution < 1.29 is 8.42 Å². The number of fused-ring (bicyclic) bond motifs is 1. The standard InChI is InChI=1S/C13H18N4O3S/c18-13-15-11-5-4-10(7-12(11)16-13)21(19,20)17-9-3-1-2-6-14-8-9/h4-5,7,9,14,17H,1-3,6,8H2,(H2,15,16,18). The zero-order valence-electron chi connectivity index (χ0n) is 11.5. The second kappa shape index (κ2) is 5.63. The van der Waals surface area contributed by atoms with Crippen molar-refractivity contribution in [3.8, 4) is 0 Å². The number of imidazole rings is 1. The number of nitrogens with one attached hydrogen (secondary N) is 4. The number of hydrogen-bond donors (Lipinski definition) is 4. The summed E-state index contributed by atoms with van der Waals surface area (Å²) in [5.41, 5.74) is 0.734. The summed E-state index contributed by atoms with van der Waals surface area (Å²) in [6.07, 6.45) is 2.90. The van der Waals surface area contributed by atoms with E-state index in [-0.39, 0.29) is 16.6 Å². The monoisotopic (exact) mass is 310 g/mol. The molecular formula is C13H18N4O3S. The van der Waals surface area contributed by atoms with Crippen LogP contribution in [0.5, 0.6) is 0 Å². The molecule has 1 atom stereocenters. The Kier molecular flexibility index (Phi) is 3.83. The fourth-order valence-electron chi connectivity index (χ4n) is 2.59. The fraction of sp³-hybridized carbons (Fsp3) is 0.462. The Morgan fingerprint density at radius 2 is 1.95 bits per heavy atom. The molecule has 0 spiro atoms. The van der Waals surface area contributed by atoms with Crippen molar-refractivity contribution >= 4 is 21.1 Å². The molecule has 1 aromatic carbocycles. The highest BCUT2D eigenvalue weighted by atomic mass is 32.2. The third-order valence-corrected chi connectivity index (χ3v) is 5.18. The minimum absolute atomic E-state index is 0.0986. The van der Waals surface area contributed by atoms with Crippen LogP contribution in [0.25, 0.3) is 11.0 Å². The first-order chi connectivity index (χ1) is 10.0. The maximum absolute atomic E-state index is 12.4. The van der Waals surface area contributed by atoms with Crippen LogP contribution in [-0.4, -0.2) is 37.5 Å². The summed E-state index contributed by atoms with van der Waals surface area (Å²) in [6, 6.07) is 4.46. The molecule has 7 nitrogen and oxygen atoms in total. The van der Waals surface area contributed by atoms with Crippen LogP contribution in [0.1, 0.15) is 19.3 Å². The van der Waals surface area contributed by atoms with Crippen LogP contribution in [0.3, 0.4) is 0 Å². The summed E-state index contributed by atoms with van der Waals surface area (Å²) in [6.45, 7) is 1.57. The zero-order chi connectivity index (χ0) is 14.9. The Bertz CT molecular complexity index is 785. The molecule has 114 valence electrons. The molecule has 2 aromatic rings. The largest absolute Gasteiger partial charge is 0.323 e. The second-order valence-corrected chi connectivity index (χ2v) is 7.02. The van der Waals surface area contributed by atoms with Crippen molar-refractivity contribution in [1.29, 1.82) is 0 Å². The minimum Gasteiger partial charge on any atom is -0.315 e. The molecule has 0 radical (unpaired) electrons. The number of rotatable bonds is 3. The van der Waals surface area contributed by atoms with Crippen LogP contribution in [0, 0.1) is 0 Å². The average molecular weight is 310 g/mol. The van der Waals surface area contributed by atoms with Gasteiger partial charge in [-0.2, -0.15) is 0 Å². The van der Waals surface area contributed by atoms with Crippen molar-refractivity contribution in [3.63, 3.8) is 0 Å². The minimum atomic E-state index is -3.58. The van der Waals surface area contributed by atoms with Crippen LogP contribution in [0.2, 0.25) is 0 Å². The molecule has 1 aliphatic heterocycles. The van der Waals surface area contributed by atoms with Gasteiger partial charge in [-0.1, -0.05) is 6.42 Å². The van der Waals surface area contributed by atoms with E-state index in [2.05, 4.69) is 20.0 Å². The summed E-state index contributed by atoms with van der Waals surface area (Å²) in [7, 11) is -3.58. The molecule has 1 aliphatic rings. The van der Waals surface area contributed by atoms with Crippen LogP contribution >= 0.6 is 0 Å². The van der Waals surface area contributed by atoms with Crippen molar-refractivity contribution in [3.05, 3.63) is 28.7 Å². The third-order valence-electron chi connectivity index (χ3n) is 3.67. The zero-order valence-corrected chi connectivity index (χ0v) is 12.3. The molecule has 0 saturated carbocycles. The average Bonchev–Trinajstić information content (AvgIpc) is 2.63. The first-order valence-corrected chi connectivity index (χ1v) is 8.48. The lowest BCUT2D eigenvalue weighted by Gasteiger charge is -2.16. The predicted molar refractivity (Wildman–Crippen MR) is 79.7 cm³/mol. The number of benzene rings is 1. The van der Waals surface area contributed by atoms with E-state index in [4.69, 9.17) is 0 Å². The van der Waals surface area contributed by atoms with E-state index in [9.17, 15) is 13.2 Å². The molecule has 1 fully saturated rings. The molecule has 2 heterocycles. The molecule has 1 saturated heterocycles. The Morgan fingerprint density at radius 3 is 2.81 bits per heavy atom. The quantitative estimate of drug-likeness (QED) is 0.653. The van der Waals surface area contributed by atoms with Crippen molar-refractivity contribution in [2.75, 3.05) is 13.1 Å². The van der Waals surface area contributed by atoms with Gasteiger partial charge in [0, 0.05) is 12.6 Å². The Labute approximate surface area is 122 Å². The first-order valence-electron chi connectivity index (χ1n) is 7.00. The lowest BCUT2D eigenvalue weighted by atomic mass is 10.2. The normalized spacial score (nSPS) is 20.5. The van der Waals surface area contributed by atoms with E-state index in [0.717, 1.165) is 25.8 Å². The Balaban J connectivity index is 1.86. The summed E-state index contributed by atoms with van der Waals surface area (Å²) < 4.78 is 27.6. The van der Waals surface area contributed by atoms with Crippen LogP contribution in [-0.2, 0) is 10.0 Å². The van der Waals surface area contributed by atoms with E-state index in [1.165, 1.54) is 12.1 Å².